The molecule has 0 saturated carbocycles. The second-order valence-corrected chi connectivity index (χ2v) is 7.56. The van der Waals surface area contributed by atoms with E-state index in [9.17, 15) is 0 Å². The molecule has 0 atom stereocenters. The number of ether oxygens (including phenoxy) is 1. The minimum Gasteiger partial charge on any atom is -0.494 e. The Labute approximate surface area is 172 Å². The van der Waals surface area contributed by atoms with Crippen LogP contribution < -0.4 is 20.3 Å². The van der Waals surface area contributed by atoms with Crippen molar-refractivity contribution in [2.24, 2.45) is 4.99 Å². The van der Waals surface area contributed by atoms with Gasteiger partial charge in [-0.25, -0.2) is 9.98 Å². The van der Waals surface area contributed by atoms with Gasteiger partial charge in [-0.3, -0.25) is 0 Å². The minimum atomic E-state index is 0.585. The van der Waals surface area contributed by atoms with Gasteiger partial charge in [0.25, 0.3) is 0 Å². The van der Waals surface area contributed by atoms with E-state index in [1.165, 1.54) is 18.0 Å². The summed E-state index contributed by atoms with van der Waals surface area (Å²) < 4.78 is 5.69. The van der Waals surface area contributed by atoms with Crippen molar-refractivity contribution >= 4 is 22.4 Å². The summed E-state index contributed by atoms with van der Waals surface area (Å²) >= 11 is 1.76. The lowest BCUT2D eigenvalue weighted by Crippen LogP contribution is -2.38. The van der Waals surface area contributed by atoms with E-state index in [2.05, 4.69) is 33.9 Å². The summed E-state index contributed by atoms with van der Waals surface area (Å²) in [6, 6.07) is 8.07. The van der Waals surface area contributed by atoms with Gasteiger partial charge in [0.2, 0.25) is 0 Å². The van der Waals surface area contributed by atoms with E-state index in [0.29, 0.717) is 13.2 Å². The van der Waals surface area contributed by atoms with Crippen molar-refractivity contribution in [2.45, 2.75) is 39.7 Å². The highest BCUT2D eigenvalue weighted by Crippen LogP contribution is 2.24. The molecular formula is C21H31N5OS. The molecule has 152 valence electrons. The quantitative estimate of drug-likeness (QED) is 0.498. The summed E-state index contributed by atoms with van der Waals surface area (Å²) in [5, 5.41) is 10.1. The predicted octanol–water partition coefficient (Wildman–Crippen LogP) is 3.44. The number of benzene rings is 1. The molecule has 0 amide bonds. The van der Waals surface area contributed by atoms with Crippen molar-refractivity contribution in [1.29, 1.82) is 0 Å². The van der Waals surface area contributed by atoms with Crippen LogP contribution in [0.25, 0.3) is 0 Å². The number of aromatic nitrogens is 1. The van der Waals surface area contributed by atoms with Crippen LogP contribution in [0.2, 0.25) is 0 Å². The zero-order chi connectivity index (χ0) is 19.6. The standard InChI is InChI=1S/C21H31N5OS/c1-3-22-20(24-15-17-9-5-6-10-19(17)27-4-2)23-12-11-18-16-28-21(25-18)26-13-7-8-14-26/h5-6,9-10,16H,3-4,7-8,11-15H2,1-2H3,(H2,22,23,24). The van der Waals surface area contributed by atoms with Gasteiger partial charge in [0, 0.05) is 43.5 Å². The molecule has 0 unspecified atom stereocenters. The maximum Gasteiger partial charge on any atom is 0.191 e. The molecule has 2 aromatic rings. The van der Waals surface area contributed by atoms with Gasteiger partial charge in [-0.1, -0.05) is 18.2 Å². The molecule has 2 heterocycles. The minimum absolute atomic E-state index is 0.585. The molecule has 1 aromatic heterocycles. The highest BCUT2D eigenvalue weighted by atomic mass is 32.1. The van der Waals surface area contributed by atoms with Crippen LogP contribution in [0.15, 0.2) is 34.6 Å². The number of rotatable bonds is 9. The Bertz CT molecular complexity index is 755. The van der Waals surface area contributed by atoms with E-state index >= 15 is 0 Å². The molecule has 28 heavy (non-hydrogen) atoms. The van der Waals surface area contributed by atoms with Gasteiger partial charge in [0.1, 0.15) is 5.75 Å². The Morgan fingerprint density at radius 2 is 2.04 bits per heavy atom. The molecule has 3 rings (SSSR count). The number of guanidine groups is 1. The van der Waals surface area contributed by atoms with Crippen LogP contribution in [-0.4, -0.2) is 43.7 Å². The number of hydrogen-bond acceptors (Lipinski definition) is 5. The van der Waals surface area contributed by atoms with E-state index in [4.69, 9.17) is 14.7 Å². The summed E-state index contributed by atoms with van der Waals surface area (Å²) in [6.07, 6.45) is 3.46. The smallest absolute Gasteiger partial charge is 0.191 e. The Morgan fingerprint density at radius 3 is 2.82 bits per heavy atom. The van der Waals surface area contributed by atoms with Crippen molar-refractivity contribution < 1.29 is 4.74 Å². The lowest BCUT2D eigenvalue weighted by Gasteiger charge is -2.13. The monoisotopic (exact) mass is 401 g/mol. The van der Waals surface area contributed by atoms with Crippen LogP contribution >= 0.6 is 11.3 Å². The molecule has 1 saturated heterocycles. The zero-order valence-electron chi connectivity index (χ0n) is 16.9. The van der Waals surface area contributed by atoms with Gasteiger partial charge in [0.05, 0.1) is 18.8 Å². The van der Waals surface area contributed by atoms with E-state index in [1.54, 1.807) is 11.3 Å². The van der Waals surface area contributed by atoms with Crippen LogP contribution in [0.5, 0.6) is 5.75 Å². The summed E-state index contributed by atoms with van der Waals surface area (Å²) in [5.74, 6) is 1.73. The Balaban J connectivity index is 1.52. The fraction of sp³-hybridized carbons (Fsp3) is 0.524. The number of anilines is 1. The first-order valence-corrected chi connectivity index (χ1v) is 11.1. The summed E-state index contributed by atoms with van der Waals surface area (Å²) in [7, 11) is 0. The van der Waals surface area contributed by atoms with Gasteiger partial charge < -0.3 is 20.3 Å². The highest BCUT2D eigenvalue weighted by Gasteiger charge is 2.15. The number of para-hydroxylation sites is 1. The van der Waals surface area contributed by atoms with E-state index in [1.807, 2.05) is 25.1 Å². The summed E-state index contributed by atoms with van der Waals surface area (Å²) in [4.78, 5) is 11.9. The van der Waals surface area contributed by atoms with Gasteiger partial charge in [-0.2, -0.15) is 0 Å². The molecule has 7 heteroatoms. The number of nitrogens with one attached hydrogen (secondary N) is 2. The molecule has 0 bridgehead atoms. The number of aliphatic imine (C=N–C) groups is 1. The molecule has 1 aromatic carbocycles. The van der Waals surface area contributed by atoms with E-state index in [-0.39, 0.29) is 0 Å². The zero-order valence-corrected chi connectivity index (χ0v) is 17.7. The van der Waals surface area contributed by atoms with Crippen molar-refractivity contribution in [3.05, 3.63) is 40.9 Å². The second-order valence-electron chi connectivity index (χ2n) is 6.73. The first-order chi connectivity index (χ1) is 13.8. The van der Waals surface area contributed by atoms with Crippen molar-refractivity contribution in [3.8, 4) is 5.75 Å². The first kappa shape index (κ1) is 20.5. The Morgan fingerprint density at radius 1 is 1.21 bits per heavy atom. The summed E-state index contributed by atoms with van der Waals surface area (Å²) in [5.41, 5.74) is 2.24. The molecular weight excluding hydrogens is 370 g/mol. The Kier molecular flexibility index (Phi) is 7.96. The van der Waals surface area contributed by atoms with Crippen LogP contribution in [0.4, 0.5) is 5.13 Å². The van der Waals surface area contributed by atoms with Gasteiger partial charge in [-0.05, 0) is 32.8 Å². The molecule has 2 N–H and O–H groups in total. The predicted molar refractivity (Wildman–Crippen MR) is 118 cm³/mol. The molecule has 0 radical (unpaired) electrons. The fourth-order valence-corrected chi connectivity index (χ4v) is 4.12. The molecule has 1 aliphatic rings. The van der Waals surface area contributed by atoms with Crippen LogP contribution in [0, 0.1) is 0 Å². The van der Waals surface area contributed by atoms with Gasteiger partial charge in [0.15, 0.2) is 11.1 Å². The maximum atomic E-state index is 5.69. The topological polar surface area (TPSA) is 61.8 Å². The molecule has 0 aliphatic carbocycles. The van der Waals surface area contributed by atoms with Crippen LogP contribution in [0.1, 0.15) is 37.9 Å². The SMILES string of the molecule is CCNC(=NCc1ccccc1OCC)NCCc1csc(N2CCCC2)n1. The maximum absolute atomic E-state index is 5.69. The number of thiazole rings is 1. The van der Waals surface area contributed by atoms with Gasteiger partial charge in [-0.15, -0.1) is 11.3 Å². The Hall–Kier alpha value is -2.28. The van der Waals surface area contributed by atoms with E-state index < -0.39 is 0 Å². The first-order valence-electron chi connectivity index (χ1n) is 10.2. The molecule has 0 spiro atoms. The average molecular weight is 402 g/mol. The molecule has 1 aliphatic heterocycles. The number of hydrogen-bond donors (Lipinski definition) is 2. The normalized spacial score (nSPS) is 14.4. The molecule has 6 nitrogen and oxygen atoms in total. The summed E-state index contributed by atoms with van der Waals surface area (Å²) in [6.45, 7) is 9.25. The van der Waals surface area contributed by atoms with Crippen LogP contribution in [-0.2, 0) is 13.0 Å². The van der Waals surface area contributed by atoms with E-state index in [0.717, 1.165) is 55.6 Å². The lowest BCUT2D eigenvalue weighted by atomic mass is 10.2. The highest BCUT2D eigenvalue weighted by molar-refractivity contribution is 7.13. The average Bonchev–Trinajstić information content (AvgIpc) is 3.39. The lowest BCUT2D eigenvalue weighted by molar-refractivity contribution is 0.336. The third-order valence-corrected chi connectivity index (χ3v) is 5.56. The second kappa shape index (κ2) is 10.9. The third kappa shape index (κ3) is 5.86. The third-order valence-electron chi connectivity index (χ3n) is 4.61. The van der Waals surface area contributed by atoms with Crippen molar-refractivity contribution in [2.75, 3.05) is 37.7 Å². The molecule has 1 fully saturated rings. The number of nitrogens with zero attached hydrogens (tertiary/aromatic N) is 3. The van der Waals surface area contributed by atoms with Crippen LogP contribution in [0.3, 0.4) is 0 Å². The van der Waals surface area contributed by atoms with Crippen molar-refractivity contribution in [1.82, 2.24) is 15.6 Å². The fourth-order valence-electron chi connectivity index (χ4n) is 3.21. The van der Waals surface area contributed by atoms with Gasteiger partial charge >= 0.3 is 0 Å². The van der Waals surface area contributed by atoms with Crippen molar-refractivity contribution in [3.63, 3.8) is 0 Å². The largest absolute Gasteiger partial charge is 0.494 e.